The van der Waals surface area contributed by atoms with Gasteiger partial charge in [0, 0.05) is 6.04 Å². The highest BCUT2D eigenvalue weighted by Crippen LogP contribution is 2.24. The maximum Gasteiger partial charge on any atom is 0.261 e. The number of carbonyl (C=O) groups is 1. The molecule has 4 heteroatoms. The van der Waals surface area contributed by atoms with Crippen molar-refractivity contribution in [2.24, 2.45) is 0 Å². The molecule has 4 nitrogen and oxygen atoms in total. The van der Waals surface area contributed by atoms with E-state index < -0.39 is 0 Å². The van der Waals surface area contributed by atoms with E-state index in [1.165, 1.54) is 0 Å². The molecule has 0 fully saturated rings. The van der Waals surface area contributed by atoms with Crippen LogP contribution in [0.25, 0.3) is 11.3 Å². The van der Waals surface area contributed by atoms with Crippen LogP contribution in [0.5, 0.6) is 5.75 Å². The van der Waals surface area contributed by atoms with Gasteiger partial charge in [-0.3, -0.25) is 9.59 Å². The molecular weight excluding hydrogens is 266 g/mol. The van der Waals surface area contributed by atoms with Gasteiger partial charge in [0.05, 0.1) is 18.4 Å². The molecule has 0 aliphatic rings. The lowest BCUT2D eigenvalue weighted by Crippen LogP contribution is -2.27. The molecule has 0 N–H and O–H groups in total. The SMILES string of the molecule is CCC(C)n1c(-c2ccc(OC)cc2)ccc(C=O)c1=O. The predicted octanol–water partition coefficient (Wildman–Crippen LogP) is 3.31. The number of aromatic nitrogens is 1. The molecule has 1 heterocycles. The summed E-state index contributed by atoms with van der Waals surface area (Å²) in [6, 6.07) is 10.9. The van der Waals surface area contributed by atoms with E-state index in [0.29, 0.717) is 6.29 Å². The summed E-state index contributed by atoms with van der Waals surface area (Å²) in [5.74, 6) is 0.765. The van der Waals surface area contributed by atoms with Crippen molar-refractivity contribution in [2.75, 3.05) is 7.11 Å². The van der Waals surface area contributed by atoms with Crippen molar-refractivity contribution in [3.05, 3.63) is 52.3 Å². The van der Waals surface area contributed by atoms with Crippen molar-refractivity contribution in [1.82, 2.24) is 4.57 Å². The summed E-state index contributed by atoms with van der Waals surface area (Å²) < 4.78 is 6.84. The zero-order valence-corrected chi connectivity index (χ0v) is 12.5. The Balaban J connectivity index is 2.64. The molecule has 0 aliphatic carbocycles. The fourth-order valence-electron chi connectivity index (χ4n) is 2.28. The number of pyridine rings is 1. The molecule has 1 aromatic heterocycles. The highest BCUT2D eigenvalue weighted by Gasteiger charge is 2.14. The number of hydrogen-bond donors (Lipinski definition) is 0. The number of ether oxygens (including phenoxy) is 1. The van der Waals surface area contributed by atoms with E-state index in [4.69, 9.17) is 4.74 Å². The molecule has 0 saturated heterocycles. The number of hydrogen-bond acceptors (Lipinski definition) is 3. The number of benzene rings is 1. The lowest BCUT2D eigenvalue weighted by atomic mass is 10.1. The molecule has 0 amide bonds. The summed E-state index contributed by atoms with van der Waals surface area (Å²) in [5, 5.41) is 0. The molecule has 0 spiro atoms. The molecule has 0 radical (unpaired) electrons. The molecule has 2 rings (SSSR count). The monoisotopic (exact) mass is 285 g/mol. The second-order valence-corrected chi connectivity index (χ2v) is 4.95. The predicted molar refractivity (Wildman–Crippen MR) is 83.1 cm³/mol. The van der Waals surface area contributed by atoms with Crippen LogP contribution in [0.4, 0.5) is 0 Å². The Kier molecular flexibility index (Phi) is 4.58. The number of rotatable bonds is 5. The van der Waals surface area contributed by atoms with E-state index in [-0.39, 0.29) is 17.2 Å². The van der Waals surface area contributed by atoms with Gasteiger partial charge >= 0.3 is 0 Å². The first-order valence-electron chi connectivity index (χ1n) is 6.97. The lowest BCUT2D eigenvalue weighted by molar-refractivity contribution is 0.112. The van der Waals surface area contributed by atoms with Gasteiger partial charge in [-0.05, 0) is 55.3 Å². The second kappa shape index (κ2) is 6.39. The Morgan fingerprint density at radius 2 is 1.86 bits per heavy atom. The summed E-state index contributed by atoms with van der Waals surface area (Å²) >= 11 is 0. The van der Waals surface area contributed by atoms with Gasteiger partial charge in [0.25, 0.3) is 5.56 Å². The largest absolute Gasteiger partial charge is 0.497 e. The van der Waals surface area contributed by atoms with Crippen LogP contribution in [0.3, 0.4) is 0 Å². The molecule has 1 aromatic carbocycles. The smallest absolute Gasteiger partial charge is 0.261 e. The standard InChI is InChI=1S/C17H19NO3/c1-4-12(2)18-16(10-7-14(11-19)17(18)20)13-5-8-15(21-3)9-6-13/h5-12H,4H2,1-3H3. The van der Waals surface area contributed by atoms with Crippen LogP contribution in [0, 0.1) is 0 Å². The zero-order valence-electron chi connectivity index (χ0n) is 12.5. The Labute approximate surface area is 124 Å². The van der Waals surface area contributed by atoms with E-state index in [0.717, 1.165) is 23.4 Å². The van der Waals surface area contributed by atoms with E-state index in [9.17, 15) is 9.59 Å². The van der Waals surface area contributed by atoms with Crippen LogP contribution < -0.4 is 10.3 Å². The highest BCUT2D eigenvalue weighted by atomic mass is 16.5. The maximum absolute atomic E-state index is 12.4. The second-order valence-electron chi connectivity index (χ2n) is 4.95. The summed E-state index contributed by atoms with van der Waals surface area (Å²) in [6.07, 6.45) is 1.42. The number of methoxy groups -OCH3 is 1. The highest BCUT2D eigenvalue weighted by molar-refractivity contribution is 5.75. The first-order valence-corrected chi connectivity index (χ1v) is 6.97. The van der Waals surface area contributed by atoms with Crippen LogP contribution in [0.1, 0.15) is 36.7 Å². The van der Waals surface area contributed by atoms with Gasteiger partial charge in [0.2, 0.25) is 0 Å². The lowest BCUT2D eigenvalue weighted by Gasteiger charge is -2.19. The third-order valence-corrected chi connectivity index (χ3v) is 3.69. The molecule has 2 aromatic rings. The van der Waals surface area contributed by atoms with E-state index in [2.05, 4.69) is 0 Å². The average molecular weight is 285 g/mol. The Hall–Kier alpha value is -2.36. The van der Waals surface area contributed by atoms with E-state index >= 15 is 0 Å². The van der Waals surface area contributed by atoms with Gasteiger partial charge in [-0.2, -0.15) is 0 Å². The van der Waals surface area contributed by atoms with Crippen molar-refractivity contribution in [3.63, 3.8) is 0 Å². The van der Waals surface area contributed by atoms with Gasteiger partial charge in [0.1, 0.15) is 5.75 Å². The first kappa shape index (κ1) is 15.0. The van der Waals surface area contributed by atoms with Gasteiger partial charge in [-0.25, -0.2) is 0 Å². The van der Waals surface area contributed by atoms with Gasteiger partial charge in [0.15, 0.2) is 6.29 Å². The molecular formula is C17H19NO3. The van der Waals surface area contributed by atoms with Gasteiger partial charge in [-0.15, -0.1) is 0 Å². The van der Waals surface area contributed by atoms with E-state index in [1.54, 1.807) is 17.7 Å². The quantitative estimate of drug-likeness (QED) is 0.792. The van der Waals surface area contributed by atoms with Crippen molar-refractivity contribution < 1.29 is 9.53 Å². The van der Waals surface area contributed by atoms with Crippen LogP contribution >= 0.6 is 0 Å². The Bertz CT molecular complexity index is 686. The van der Waals surface area contributed by atoms with Gasteiger partial charge < -0.3 is 9.30 Å². The average Bonchev–Trinajstić information content (AvgIpc) is 2.54. The van der Waals surface area contributed by atoms with Crippen LogP contribution in [0.15, 0.2) is 41.2 Å². The Morgan fingerprint density at radius 1 is 1.19 bits per heavy atom. The molecule has 1 atom stereocenters. The van der Waals surface area contributed by atoms with Crippen molar-refractivity contribution >= 4 is 6.29 Å². The van der Waals surface area contributed by atoms with Crippen molar-refractivity contribution in [1.29, 1.82) is 0 Å². The summed E-state index contributed by atoms with van der Waals surface area (Å²) in [5.41, 5.74) is 1.67. The molecule has 21 heavy (non-hydrogen) atoms. The van der Waals surface area contributed by atoms with Crippen LogP contribution in [-0.2, 0) is 0 Å². The minimum atomic E-state index is -0.243. The summed E-state index contributed by atoms with van der Waals surface area (Å²) in [6.45, 7) is 3.99. The van der Waals surface area contributed by atoms with Crippen molar-refractivity contribution in [3.8, 4) is 17.0 Å². The molecule has 0 saturated carbocycles. The summed E-state index contributed by atoms with van der Waals surface area (Å²) in [4.78, 5) is 23.4. The minimum Gasteiger partial charge on any atom is -0.497 e. The fraction of sp³-hybridized carbons (Fsp3) is 0.294. The maximum atomic E-state index is 12.4. The number of aldehydes is 1. The fourth-order valence-corrected chi connectivity index (χ4v) is 2.28. The van der Waals surface area contributed by atoms with Crippen LogP contribution in [-0.4, -0.2) is 18.0 Å². The molecule has 0 aliphatic heterocycles. The minimum absolute atomic E-state index is 0.0227. The van der Waals surface area contributed by atoms with Crippen molar-refractivity contribution in [2.45, 2.75) is 26.3 Å². The topological polar surface area (TPSA) is 48.3 Å². The normalized spacial score (nSPS) is 12.0. The Morgan fingerprint density at radius 3 is 2.38 bits per heavy atom. The van der Waals surface area contributed by atoms with Crippen LogP contribution in [0.2, 0.25) is 0 Å². The third-order valence-electron chi connectivity index (χ3n) is 3.69. The van der Waals surface area contributed by atoms with Gasteiger partial charge in [-0.1, -0.05) is 6.92 Å². The molecule has 1 unspecified atom stereocenters. The number of carbonyl (C=O) groups excluding carboxylic acids is 1. The zero-order chi connectivity index (χ0) is 15.4. The molecule has 110 valence electrons. The third kappa shape index (κ3) is 2.89. The number of nitrogens with zero attached hydrogens (tertiary/aromatic N) is 1. The van der Waals surface area contributed by atoms with E-state index in [1.807, 2.05) is 44.2 Å². The summed E-state index contributed by atoms with van der Waals surface area (Å²) in [7, 11) is 1.61. The first-order chi connectivity index (χ1) is 10.1. The molecule has 0 bridgehead atoms.